The molecule has 0 saturated heterocycles. The van der Waals surface area contributed by atoms with Crippen molar-refractivity contribution in [2.24, 2.45) is 5.41 Å². The number of thioether (sulfide) groups is 1. The maximum atomic E-state index is 13.5. The van der Waals surface area contributed by atoms with Crippen LogP contribution in [0.15, 0.2) is 83.8 Å². The van der Waals surface area contributed by atoms with Gasteiger partial charge in [-0.1, -0.05) is 68.8 Å². The van der Waals surface area contributed by atoms with E-state index in [1.807, 2.05) is 74.5 Å². The Morgan fingerprint density at radius 3 is 2.43 bits per heavy atom. The number of aromatic nitrogens is 2. The number of para-hydroxylation sites is 1. The van der Waals surface area contributed by atoms with E-state index in [0.717, 1.165) is 49.4 Å². The minimum atomic E-state index is -0.863. The minimum absolute atomic E-state index is 0.0311. The number of hydrogen-bond acceptors (Lipinski definition) is 8. The van der Waals surface area contributed by atoms with E-state index in [-0.39, 0.29) is 23.9 Å². The molecule has 0 aliphatic heterocycles. The van der Waals surface area contributed by atoms with E-state index >= 15 is 0 Å². The fourth-order valence-electron chi connectivity index (χ4n) is 5.53. The minimum Gasteiger partial charge on any atom is -0.487 e. The molecule has 0 bridgehead atoms. The summed E-state index contributed by atoms with van der Waals surface area (Å²) in [4.78, 5) is 34.1. The van der Waals surface area contributed by atoms with Crippen molar-refractivity contribution in [2.45, 2.75) is 76.7 Å². The lowest BCUT2D eigenvalue weighted by Crippen LogP contribution is -2.30. The van der Waals surface area contributed by atoms with Crippen molar-refractivity contribution >= 4 is 51.1 Å². The van der Waals surface area contributed by atoms with Gasteiger partial charge < -0.3 is 18.9 Å². The van der Waals surface area contributed by atoms with Gasteiger partial charge in [0, 0.05) is 49.6 Å². The zero-order valence-corrected chi connectivity index (χ0v) is 30.1. The zero-order valence-electron chi connectivity index (χ0n) is 28.5. The lowest BCUT2D eigenvalue weighted by atomic mass is 9.87. The average Bonchev–Trinajstić information content (AvgIpc) is 3.31. The van der Waals surface area contributed by atoms with Gasteiger partial charge in [0.15, 0.2) is 0 Å². The molecular weight excluding hydrogens is 662 g/mol. The number of fused-ring (bicyclic) bond motifs is 2. The first-order chi connectivity index (χ1) is 23.3. The fourth-order valence-corrected chi connectivity index (χ4v) is 6.85. The molecule has 0 unspecified atom stereocenters. The Hall–Kier alpha value is -4.28. The molecule has 2 aromatic heterocycles. The highest BCUT2D eigenvalue weighted by atomic mass is 35.5. The molecular formula is C38H42ClN3O6S. The second kappa shape index (κ2) is 15.5. The molecule has 0 fully saturated rings. The molecule has 0 saturated carbocycles. The van der Waals surface area contributed by atoms with Gasteiger partial charge in [-0.25, -0.2) is 4.98 Å². The smallest absolute Gasteiger partial charge is 0.311 e. The third kappa shape index (κ3) is 9.67. The van der Waals surface area contributed by atoms with E-state index in [9.17, 15) is 14.9 Å². The number of ether oxygens (including phenoxy) is 2. The first-order valence-corrected chi connectivity index (χ1v) is 17.5. The van der Waals surface area contributed by atoms with Crippen molar-refractivity contribution in [2.75, 3.05) is 13.2 Å². The molecule has 0 amide bonds. The average molecular weight is 704 g/mol. The SMILES string of the molecule is CC(C)(C)Sc1c(CC(C)(C)C(=O)OCCCCO[N+](=O)[O-])n(Cc2ccc(Cl)cc2)c2ccc(OCc3ccc4ccccc4n3)cc12. The number of benzene rings is 3. The number of hydrogen-bond donors (Lipinski definition) is 0. The number of rotatable bonds is 15. The van der Waals surface area contributed by atoms with Gasteiger partial charge in [0.1, 0.15) is 12.4 Å². The van der Waals surface area contributed by atoms with Crippen LogP contribution in [0.3, 0.4) is 0 Å². The predicted molar refractivity (Wildman–Crippen MR) is 195 cm³/mol. The first-order valence-electron chi connectivity index (χ1n) is 16.3. The maximum absolute atomic E-state index is 13.5. The van der Waals surface area contributed by atoms with Crippen LogP contribution in [0, 0.1) is 15.5 Å². The van der Waals surface area contributed by atoms with Crippen LogP contribution < -0.4 is 4.74 Å². The molecule has 11 heteroatoms. The third-order valence-corrected chi connectivity index (χ3v) is 9.45. The van der Waals surface area contributed by atoms with Crippen LogP contribution in [0.1, 0.15) is 64.4 Å². The number of esters is 1. The van der Waals surface area contributed by atoms with E-state index in [2.05, 4.69) is 48.4 Å². The quantitative estimate of drug-likeness (QED) is 0.0349. The van der Waals surface area contributed by atoms with Crippen molar-refractivity contribution in [3.8, 4) is 5.75 Å². The molecule has 0 atom stereocenters. The second-order valence-corrected chi connectivity index (χ2v) is 15.9. The molecule has 49 heavy (non-hydrogen) atoms. The standard InChI is InChI=1S/C38H42ClN3O6S/c1-37(2,3)49-35-31-22-30(47-25-29-17-14-27-10-6-7-11-32(27)40-29)18-19-33(31)41(24-26-12-15-28(39)16-13-26)34(35)23-38(4,5)36(43)46-20-8-9-21-48-42(44)45/h6-7,10-19,22H,8-9,20-21,23-25H2,1-5H3. The van der Waals surface area contributed by atoms with Crippen LogP contribution in [0.5, 0.6) is 5.75 Å². The molecule has 2 heterocycles. The van der Waals surface area contributed by atoms with E-state index in [1.165, 1.54) is 0 Å². The van der Waals surface area contributed by atoms with Crippen LogP contribution in [0.25, 0.3) is 21.8 Å². The van der Waals surface area contributed by atoms with Gasteiger partial charge in [-0.15, -0.1) is 21.9 Å². The van der Waals surface area contributed by atoms with Gasteiger partial charge in [0.05, 0.1) is 29.8 Å². The van der Waals surface area contributed by atoms with E-state index < -0.39 is 10.5 Å². The summed E-state index contributed by atoms with van der Waals surface area (Å²) in [5.74, 6) is 0.401. The summed E-state index contributed by atoms with van der Waals surface area (Å²) < 4.78 is 14.1. The van der Waals surface area contributed by atoms with Gasteiger partial charge in [0.25, 0.3) is 5.09 Å². The molecule has 5 rings (SSSR count). The van der Waals surface area contributed by atoms with Crippen molar-refractivity contribution in [1.82, 2.24) is 9.55 Å². The monoisotopic (exact) mass is 703 g/mol. The largest absolute Gasteiger partial charge is 0.487 e. The van der Waals surface area contributed by atoms with Crippen LogP contribution in [-0.2, 0) is 33.9 Å². The van der Waals surface area contributed by atoms with Crippen LogP contribution in [-0.4, -0.2) is 38.6 Å². The molecule has 5 aromatic rings. The van der Waals surface area contributed by atoms with Crippen LogP contribution in [0.2, 0.25) is 5.02 Å². The summed E-state index contributed by atoms with van der Waals surface area (Å²) in [6.07, 6.45) is 1.31. The van der Waals surface area contributed by atoms with Crippen molar-refractivity contribution in [3.05, 3.63) is 111 Å². The molecule has 0 N–H and O–H groups in total. The fraction of sp³-hybridized carbons (Fsp3) is 0.368. The van der Waals surface area contributed by atoms with Gasteiger partial charge in [-0.3, -0.25) is 4.79 Å². The molecule has 9 nitrogen and oxygen atoms in total. The number of carbonyl (C=O) groups is 1. The van der Waals surface area contributed by atoms with Crippen molar-refractivity contribution in [3.63, 3.8) is 0 Å². The summed E-state index contributed by atoms with van der Waals surface area (Å²) in [5.41, 5.74) is 4.04. The number of nitrogens with zero attached hydrogens (tertiary/aromatic N) is 3. The normalized spacial score (nSPS) is 12.0. The van der Waals surface area contributed by atoms with Crippen molar-refractivity contribution < 1.29 is 24.2 Å². The summed E-state index contributed by atoms with van der Waals surface area (Å²) >= 11 is 7.99. The lowest BCUT2D eigenvalue weighted by molar-refractivity contribution is -0.757. The van der Waals surface area contributed by atoms with Crippen LogP contribution >= 0.6 is 23.4 Å². The number of halogens is 1. The number of unbranched alkanes of at least 4 members (excludes halogenated alkanes) is 1. The Labute approximate surface area is 296 Å². The number of carbonyl (C=O) groups excluding carboxylic acids is 1. The molecule has 0 aliphatic carbocycles. The van der Waals surface area contributed by atoms with Gasteiger partial charge in [-0.2, -0.15) is 0 Å². The lowest BCUT2D eigenvalue weighted by Gasteiger charge is -2.26. The van der Waals surface area contributed by atoms with Gasteiger partial charge in [0.2, 0.25) is 0 Å². The Balaban J connectivity index is 1.48. The highest BCUT2D eigenvalue weighted by Crippen LogP contribution is 2.44. The first kappa shape index (κ1) is 36.0. The Bertz CT molecular complexity index is 1930. The Kier molecular flexibility index (Phi) is 11.4. The molecule has 0 radical (unpaired) electrons. The highest BCUT2D eigenvalue weighted by Gasteiger charge is 2.34. The number of pyridine rings is 1. The van der Waals surface area contributed by atoms with Gasteiger partial charge in [-0.05, 0) is 74.7 Å². The molecule has 3 aromatic carbocycles. The second-order valence-electron chi connectivity index (χ2n) is 13.6. The summed E-state index contributed by atoms with van der Waals surface area (Å²) in [6, 6.07) is 26.0. The Morgan fingerprint density at radius 1 is 0.959 bits per heavy atom. The molecule has 0 aliphatic rings. The third-order valence-electron chi connectivity index (χ3n) is 7.93. The Morgan fingerprint density at radius 2 is 1.69 bits per heavy atom. The van der Waals surface area contributed by atoms with E-state index in [0.29, 0.717) is 37.4 Å². The van der Waals surface area contributed by atoms with Crippen LogP contribution in [0.4, 0.5) is 0 Å². The molecule has 0 spiro atoms. The highest BCUT2D eigenvalue weighted by molar-refractivity contribution is 8.00. The summed E-state index contributed by atoms with van der Waals surface area (Å²) in [5, 5.41) is 12.4. The van der Waals surface area contributed by atoms with E-state index in [4.69, 9.17) is 26.1 Å². The maximum Gasteiger partial charge on any atom is 0.311 e. The summed E-state index contributed by atoms with van der Waals surface area (Å²) in [7, 11) is 0. The zero-order chi connectivity index (χ0) is 35.2. The molecule has 258 valence electrons. The predicted octanol–water partition coefficient (Wildman–Crippen LogP) is 9.46. The summed E-state index contributed by atoms with van der Waals surface area (Å²) in [6.45, 7) is 11.4. The van der Waals surface area contributed by atoms with E-state index in [1.54, 1.807) is 11.8 Å². The van der Waals surface area contributed by atoms with Crippen molar-refractivity contribution in [1.29, 1.82) is 0 Å². The topological polar surface area (TPSA) is 106 Å². The van der Waals surface area contributed by atoms with Gasteiger partial charge >= 0.3 is 5.97 Å².